The van der Waals surface area contributed by atoms with Crippen LogP contribution in [0.1, 0.15) is 57.3 Å². The van der Waals surface area contributed by atoms with Gasteiger partial charge in [-0.25, -0.2) is 4.68 Å². The van der Waals surface area contributed by atoms with Crippen LogP contribution in [0.2, 0.25) is 0 Å². The number of hydrogen-bond donors (Lipinski definition) is 0. The Hall–Kier alpha value is -0.930. The molecule has 0 amide bonds. The van der Waals surface area contributed by atoms with Crippen molar-refractivity contribution in [2.75, 3.05) is 0 Å². The van der Waals surface area contributed by atoms with Crippen molar-refractivity contribution in [3.8, 4) is 0 Å². The number of tetrazole rings is 1. The Morgan fingerprint density at radius 2 is 2.00 bits per heavy atom. The molecule has 0 spiro atoms. The van der Waals surface area contributed by atoms with Crippen LogP contribution in [0.25, 0.3) is 0 Å². The van der Waals surface area contributed by atoms with Crippen molar-refractivity contribution < 1.29 is 0 Å². The summed E-state index contributed by atoms with van der Waals surface area (Å²) >= 11 is 0. The first-order valence-corrected chi connectivity index (χ1v) is 5.07. The fraction of sp³-hybridized carbons (Fsp3) is 0.889. The van der Waals surface area contributed by atoms with E-state index in [1.165, 1.54) is 25.7 Å². The molecule has 1 heterocycles. The lowest BCUT2D eigenvalue weighted by Crippen LogP contribution is -2.12. The van der Waals surface area contributed by atoms with Crippen molar-refractivity contribution in [2.24, 2.45) is 0 Å². The van der Waals surface area contributed by atoms with Gasteiger partial charge in [0, 0.05) is 5.92 Å². The van der Waals surface area contributed by atoms with Gasteiger partial charge in [0.2, 0.25) is 0 Å². The highest BCUT2D eigenvalue weighted by Crippen LogP contribution is 2.30. The fourth-order valence-electron chi connectivity index (χ4n) is 1.99. The van der Waals surface area contributed by atoms with Crippen LogP contribution in [0.3, 0.4) is 0 Å². The van der Waals surface area contributed by atoms with Crippen molar-refractivity contribution in [1.29, 1.82) is 0 Å². The highest BCUT2D eigenvalue weighted by atomic mass is 15.5. The topological polar surface area (TPSA) is 43.6 Å². The SMILES string of the molecule is CC(C)c1nnnn1C1CCCC1. The predicted octanol–water partition coefficient (Wildman–Crippen LogP) is 1.91. The second kappa shape index (κ2) is 3.44. The molecule has 4 nitrogen and oxygen atoms in total. The first kappa shape index (κ1) is 8.66. The summed E-state index contributed by atoms with van der Waals surface area (Å²) in [6.45, 7) is 4.27. The number of hydrogen-bond acceptors (Lipinski definition) is 3. The fourth-order valence-corrected chi connectivity index (χ4v) is 1.99. The number of aromatic nitrogens is 4. The smallest absolute Gasteiger partial charge is 0.154 e. The van der Waals surface area contributed by atoms with Crippen LogP contribution < -0.4 is 0 Å². The molecule has 0 bridgehead atoms. The predicted molar refractivity (Wildman–Crippen MR) is 49.4 cm³/mol. The van der Waals surface area contributed by atoms with Crippen LogP contribution in [0, 0.1) is 0 Å². The monoisotopic (exact) mass is 180 g/mol. The molecular formula is C9H16N4. The highest BCUT2D eigenvalue weighted by molar-refractivity contribution is 4.91. The zero-order chi connectivity index (χ0) is 9.26. The molecule has 0 unspecified atom stereocenters. The lowest BCUT2D eigenvalue weighted by atomic mass is 10.2. The Balaban J connectivity index is 2.23. The van der Waals surface area contributed by atoms with E-state index in [9.17, 15) is 0 Å². The minimum atomic E-state index is 0.426. The number of nitrogens with zero attached hydrogens (tertiary/aromatic N) is 4. The van der Waals surface area contributed by atoms with Gasteiger partial charge in [0.05, 0.1) is 6.04 Å². The Morgan fingerprint density at radius 1 is 1.31 bits per heavy atom. The van der Waals surface area contributed by atoms with Crippen molar-refractivity contribution in [3.63, 3.8) is 0 Å². The molecule has 1 aromatic heterocycles. The summed E-state index contributed by atoms with van der Waals surface area (Å²) in [5.41, 5.74) is 0. The molecule has 0 radical (unpaired) electrons. The van der Waals surface area contributed by atoms with E-state index in [1.54, 1.807) is 0 Å². The average Bonchev–Trinajstić information content (AvgIpc) is 2.74. The Kier molecular flexibility index (Phi) is 2.29. The van der Waals surface area contributed by atoms with Crippen molar-refractivity contribution in [3.05, 3.63) is 5.82 Å². The van der Waals surface area contributed by atoms with Crippen LogP contribution in [-0.2, 0) is 0 Å². The molecule has 1 fully saturated rings. The molecule has 0 saturated heterocycles. The normalized spacial score (nSPS) is 18.7. The van der Waals surface area contributed by atoms with E-state index < -0.39 is 0 Å². The molecule has 72 valence electrons. The van der Waals surface area contributed by atoms with Crippen LogP contribution in [-0.4, -0.2) is 20.2 Å². The van der Waals surface area contributed by atoms with E-state index in [0.717, 1.165) is 5.82 Å². The standard InChI is InChI=1S/C9H16N4/c1-7(2)9-10-11-12-13(9)8-5-3-4-6-8/h7-8H,3-6H2,1-2H3. The third-order valence-corrected chi connectivity index (χ3v) is 2.71. The second-order valence-corrected chi connectivity index (χ2v) is 4.07. The first-order valence-electron chi connectivity index (χ1n) is 5.07. The summed E-state index contributed by atoms with van der Waals surface area (Å²) in [7, 11) is 0. The van der Waals surface area contributed by atoms with E-state index in [0.29, 0.717) is 12.0 Å². The van der Waals surface area contributed by atoms with E-state index in [1.807, 2.05) is 4.68 Å². The molecule has 1 aromatic rings. The van der Waals surface area contributed by atoms with Gasteiger partial charge in [-0.1, -0.05) is 26.7 Å². The van der Waals surface area contributed by atoms with Gasteiger partial charge in [-0.05, 0) is 23.3 Å². The third-order valence-electron chi connectivity index (χ3n) is 2.71. The summed E-state index contributed by atoms with van der Waals surface area (Å²) in [5, 5.41) is 11.9. The third kappa shape index (κ3) is 1.57. The molecular weight excluding hydrogens is 164 g/mol. The maximum atomic E-state index is 4.08. The van der Waals surface area contributed by atoms with E-state index >= 15 is 0 Å². The van der Waals surface area contributed by atoms with Gasteiger partial charge in [0.25, 0.3) is 0 Å². The van der Waals surface area contributed by atoms with Crippen molar-refractivity contribution >= 4 is 0 Å². The largest absolute Gasteiger partial charge is 0.226 e. The quantitative estimate of drug-likeness (QED) is 0.698. The zero-order valence-electron chi connectivity index (χ0n) is 8.27. The summed E-state index contributed by atoms with van der Waals surface area (Å²) in [5.74, 6) is 1.46. The maximum Gasteiger partial charge on any atom is 0.154 e. The van der Waals surface area contributed by atoms with Gasteiger partial charge >= 0.3 is 0 Å². The summed E-state index contributed by atoms with van der Waals surface area (Å²) in [4.78, 5) is 0. The average molecular weight is 180 g/mol. The van der Waals surface area contributed by atoms with Crippen molar-refractivity contribution in [2.45, 2.75) is 51.5 Å². The van der Waals surface area contributed by atoms with Gasteiger partial charge in [-0.2, -0.15) is 0 Å². The minimum Gasteiger partial charge on any atom is -0.226 e. The minimum absolute atomic E-state index is 0.426. The first-order chi connectivity index (χ1) is 6.29. The lowest BCUT2D eigenvalue weighted by Gasteiger charge is -2.12. The van der Waals surface area contributed by atoms with Crippen LogP contribution in [0.4, 0.5) is 0 Å². The molecule has 1 aliphatic rings. The second-order valence-electron chi connectivity index (χ2n) is 4.07. The summed E-state index contributed by atoms with van der Waals surface area (Å²) < 4.78 is 2.03. The lowest BCUT2D eigenvalue weighted by molar-refractivity contribution is 0.430. The zero-order valence-corrected chi connectivity index (χ0v) is 8.27. The van der Waals surface area contributed by atoms with E-state index in [-0.39, 0.29) is 0 Å². The van der Waals surface area contributed by atoms with Gasteiger partial charge < -0.3 is 0 Å². The summed E-state index contributed by atoms with van der Waals surface area (Å²) in [6, 6.07) is 0.562. The van der Waals surface area contributed by atoms with E-state index in [4.69, 9.17) is 0 Å². The molecule has 4 heteroatoms. The van der Waals surface area contributed by atoms with Crippen molar-refractivity contribution in [1.82, 2.24) is 20.2 Å². The molecule has 0 aliphatic heterocycles. The highest BCUT2D eigenvalue weighted by Gasteiger charge is 2.22. The molecule has 2 rings (SSSR count). The molecule has 1 aliphatic carbocycles. The number of rotatable bonds is 2. The molecule has 0 N–H and O–H groups in total. The van der Waals surface area contributed by atoms with Gasteiger partial charge in [0.15, 0.2) is 5.82 Å². The summed E-state index contributed by atoms with van der Waals surface area (Å²) in [6.07, 6.45) is 5.12. The van der Waals surface area contributed by atoms with Gasteiger partial charge in [0.1, 0.15) is 0 Å². The molecule has 0 atom stereocenters. The molecule has 1 saturated carbocycles. The van der Waals surface area contributed by atoms with Crippen LogP contribution >= 0.6 is 0 Å². The Labute approximate surface area is 78.3 Å². The van der Waals surface area contributed by atoms with E-state index in [2.05, 4.69) is 29.4 Å². The molecule has 0 aromatic carbocycles. The van der Waals surface area contributed by atoms with Gasteiger partial charge in [-0.3, -0.25) is 0 Å². The molecule has 13 heavy (non-hydrogen) atoms. The van der Waals surface area contributed by atoms with Crippen LogP contribution in [0.5, 0.6) is 0 Å². The Morgan fingerprint density at radius 3 is 2.62 bits per heavy atom. The maximum absolute atomic E-state index is 4.08. The Bertz CT molecular complexity index is 273. The van der Waals surface area contributed by atoms with Crippen LogP contribution in [0.15, 0.2) is 0 Å². The van der Waals surface area contributed by atoms with Gasteiger partial charge in [-0.15, -0.1) is 5.10 Å².